The van der Waals surface area contributed by atoms with Crippen molar-refractivity contribution in [3.05, 3.63) is 35.9 Å². The number of carboxylic acid groups (broad SMARTS) is 1. The number of benzene rings is 1. The van der Waals surface area contributed by atoms with Crippen LogP contribution in [0.5, 0.6) is 0 Å². The van der Waals surface area contributed by atoms with E-state index in [4.69, 9.17) is 5.11 Å². The fourth-order valence-electron chi connectivity index (χ4n) is 2.81. The van der Waals surface area contributed by atoms with E-state index in [9.17, 15) is 9.90 Å². The Morgan fingerprint density at radius 2 is 1.90 bits per heavy atom. The normalized spacial score (nSPS) is 24.1. The molecule has 116 valence electrons. The summed E-state index contributed by atoms with van der Waals surface area (Å²) >= 11 is 0. The van der Waals surface area contributed by atoms with Gasteiger partial charge in [-0.2, -0.15) is 0 Å². The molecular weight excluding hydrogens is 268 g/mol. The van der Waals surface area contributed by atoms with Crippen molar-refractivity contribution in [3.63, 3.8) is 0 Å². The lowest BCUT2D eigenvalue weighted by molar-refractivity contribution is 0.128. The van der Waals surface area contributed by atoms with Crippen LogP contribution in [-0.4, -0.2) is 46.4 Å². The molecule has 1 aliphatic rings. The van der Waals surface area contributed by atoms with E-state index < -0.39 is 12.2 Å². The number of aliphatic hydroxyl groups is 1. The average Bonchev–Trinajstić information content (AvgIpc) is 2.77. The SMILES string of the molecule is CC(C)(C)C(N[C@@H]1CN(C(=O)O)C[C@H]1O)c1ccccc1. The molecule has 1 fully saturated rings. The molecular formula is C16H24N2O3. The molecule has 0 saturated carbocycles. The van der Waals surface area contributed by atoms with Gasteiger partial charge in [0.1, 0.15) is 0 Å². The van der Waals surface area contributed by atoms with Crippen LogP contribution in [0.3, 0.4) is 0 Å². The number of aliphatic hydroxyl groups excluding tert-OH is 1. The lowest BCUT2D eigenvalue weighted by atomic mass is 9.82. The Kier molecular flexibility index (Phi) is 4.54. The number of nitrogens with zero attached hydrogens (tertiary/aromatic N) is 1. The highest BCUT2D eigenvalue weighted by atomic mass is 16.4. The summed E-state index contributed by atoms with van der Waals surface area (Å²) in [5.41, 5.74) is 1.10. The van der Waals surface area contributed by atoms with Crippen LogP contribution in [-0.2, 0) is 0 Å². The molecule has 21 heavy (non-hydrogen) atoms. The van der Waals surface area contributed by atoms with E-state index in [2.05, 4.69) is 38.2 Å². The van der Waals surface area contributed by atoms with Gasteiger partial charge in [0.2, 0.25) is 0 Å². The number of hydrogen-bond acceptors (Lipinski definition) is 3. The maximum absolute atomic E-state index is 11.0. The predicted octanol–water partition coefficient (Wildman–Crippen LogP) is 2.09. The van der Waals surface area contributed by atoms with Gasteiger partial charge >= 0.3 is 6.09 Å². The van der Waals surface area contributed by atoms with Crippen LogP contribution in [0, 0.1) is 5.41 Å². The fraction of sp³-hybridized carbons (Fsp3) is 0.562. The zero-order chi connectivity index (χ0) is 15.6. The summed E-state index contributed by atoms with van der Waals surface area (Å²) in [7, 11) is 0. The maximum Gasteiger partial charge on any atom is 0.407 e. The van der Waals surface area contributed by atoms with Crippen LogP contribution in [0.2, 0.25) is 0 Å². The molecule has 1 unspecified atom stereocenters. The van der Waals surface area contributed by atoms with E-state index in [0.717, 1.165) is 5.56 Å². The minimum atomic E-state index is -0.981. The number of carbonyl (C=O) groups is 1. The molecule has 3 N–H and O–H groups in total. The largest absolute Gasteiger partial charge is 0.465 e. The van der Waals surface area contributed by atoms with Gasteiger partial charge in [-0.15, -0.1) is 0 Å². The van der Waals surface area contributed by atoms with Crippen molar-refractivity contribution in [1.29, 1.82) is 0 Å². The Bertz CT molecular complexity index is 484. The van der Waals surface area contributed by atoms with Crippen molar-refractivity contribution in [2.75, 3.05) is 13.1 Å². The molecule has 1 aromatic carbocycles. The van der Waals surface area contributed by atoms with E-state index in [1.165, 1.54) is 4.90 Å². The van der Waals surface area contributed by atoms with Gasteiger partial charge in [-0.25, -0.2) is 4.79 Å². The number of hydrogen-bond donors (Lipinski definition) is 3. The van der Waals surface area contributed by atoms with Gasteiger partial charge in [0.05, 0.1) is 18.7 Å². The van der Waals surface area contributed by atoms with E-state index in [-0.39, 0.29) is 24.0 Å². The second-order valence-corrected chi connectivity index (χ2v) is 6.74. The van der Waals surface area contributed by atoms with Crippen molar-refractivity contribution in [3.8, 4) is 0 Å². The number of nitrogens with one attached hydrogen (secondary N) is 1. The smallest absolute Gasteiger partial charge is 0.407 e. The molecule has 0 aliphatic carbocycles. The van der Waals surface area contributed by atoms with Crippen molar-refractivity contribution < 1.29 is 15.0 Å². The Morgan fingerprint density at radius 3 is 2.38 bits per heavy atom. The third-order valence-electron chi connectivity index (χ3n) is 3.94. The summed E-state index contributed by atoms with van der Waals surface area (Å²) in [5.74, 6) is 0. The first-order valence-corrected chi connectivity index (χ1v) is 7.26. The van der Waals surface area contributed by atoms with Crippen LogP contribution in [0.15, 0.2) is 30.3 Å². The standard InChI is InChI=1S/C16H24N2O3/c1-16(2,3)14(11-7-5-4-6-8-11)17-12-9-18(15(20)21)10-13(12)19/h4-8,12-14,17,19H,9-10H2,1-3H3,(H,20,21)/t12-,13-,14?/m1/s1. The fourth-order valence-corrected chi connectivity index (χ4v) is 2.81. The maximum atomic E-state index is 11.0. The molecule has 1 saturated heterocycles. The van der Waals surface area contributed by atoms with Crippen molar-refractivity contribution >= 4 is 6.09 Å². The quantitative estimate of drug-likeness (QED) is 0.797. The minimum absolute atomic E-state index is 0.0439. The van der Waals surface area contributed by atoms with Gasteiger partial charge in [0, 0.05) is 12.6 Å². The highest BCUT2D eigenvalue weighted by Gasteiger charge is 2.37. The first-order valence-electron chi connectivity index (χ1n) is 7.26. The summed E-state index contributed by atoms with van der Waals surface area (Å²) in [6.07, 6.45) is -1.65. The lowest BCUT2D eigenvalue weighted by Gasteiger charge is -2.35. The third kappa shape index (κ3) is 3.74. The van der Waals surface area contributed by atoms with Gasteiger partial charge in [0.15, 0.2) is 0 Å². The monoisotopic (exact) mass is 292 g/mol. The number of likely N-dealkylation sites (tertiary alicyclic amines) is 1. The average molecular weight is 292 g/mol. The lowest BCUT2D eigenvalue weighted by Crippen LogP contribution is -2.45. The van der Waals surface area contributed by atoms with Crippen LogP contribution in [0.25, 0.3) is 0 Å². The summed E-state index contributed by atoms with van der Waals surface area (Å²) in [4.78, 5) is 12.3. The number of rotatable bonds is 3. The summed E-state index contributed by atoms with van der Waals surface area (Å²) in [6.45, 7) is 6.88. The molecule has 1 aliphatic heterocycles. The zero-order valence-electron chi connectivity index (χ0n) is 12.8. The van der Waals surface area contributed by atoms with Gasteiger partial charge in [-0.1, -0.05) is 51.1 Å². The molecule has 0 bridgehead atoms. The first-order chi connectivity index (χ1) is 9.79. The molecule has 0 aromatic heterocycles. The van der Waals surface area contributed by atoms with Crippen LogP contribution in [0.4, 0.5) is 4.79 Å². The molecule has 5 heteroatoms. The third-order valence-corrected chi connectivity index (χ3v) is 3.94. The summed E-state index contributed by atoms with van der Waals surface area (Å²) in [6, 6.07) is 9.87. The van der Waals surface area contributed by atoms with E-state index >= 15 is 0 Å². The minimum Gasteiger partial charge on any atom is -0.465 e. The van der Waals surface area contributed by atoms with Gasteiger partial charge in [-0.05, 0) is 11.0 Å². The van der Waals surface area contributed by atoms with E-state index in [0.29, 0.717) is 6.54 Å². The first kappa shape index (κ1) is 15.8. The van der Waals surface area contributed by atoms with Gasteiger partial charge < -0.3 is 20.4 Å². The van der Waals surface area contributed by atoms with Crippen molar-refractivity contribution in [1.82, 2.24) is 10.2 Å². The molecule has 1 amide bonds. The zero-order valence-corrected chi connectivity index (χ0v) is 12.8. The summed E-state index contributed by atoms with van der Waals surface area (Å²) in [5, 5.41) is 22.6. The number of amides is 1. The number of β-amino-alcohol motifs (C(OH)–C–C–N with tert-alkyl or cyclic N) is 1. The molecule has 1 aromatic rings. The predicted molar refractivity (Wildman–Crippen MR) is 81.2 cm³/mol. The molecule has 0 spiro atoms. The second kappa shape index (κ2) is 6.03. The molecule has 3 atom stereocenters. The van der Waals surface area contributed by atoms with E-state index in [1.807, 2.05) is 18.2 Å². The molecule has 0 radical (unpaired) electrons. The van der Waals surface area contributed by atoms with E-state index in [1.54, 1.807) is 0 Å². The molecule has 5 nitrogen and oxygen atoms in total. The van der Waals surface area contributed by atoms with Crippen molar-refractivity contribution in [2.24, 2.45) is 5.41 Å². The van der Waals surface area contributed by atoms with Crippen LogP contribution in [0.1, 0.15) is 32.4 Å². The highest BCUT2D eigenvalue weighted by molar-refractivity contribution is 5.65. The Balaban J connectivity index is 2.15. The second-order valence-electron chi connectivity index (χ2n) is 6.74. The molecule has 2 rings (SSSR count). The van der Waals surface area contributed by atoms with Crippen LogP contribution >= 0.6 is 0 Å². The van der Waals surface area contributed by atoms with Gasteiger partial charge in [0.25, 0.3) is 0 Å². The topological polar surface area (TPSA) is 72.8 Å². The highest BCUT2D eigenvalue weighted by Crippen LogP contribution is 2.33. The Hall–Kier alpha value is -1.59. The molecule has 1 heterocycles. The van der Waals surface area contributed by atoms with Crippen molar-refractivity contribution in [2.45, 2.75) is 39.0 Å². The Morgan fingerprint density at radius 1 is 1.29 bits per heavy atom. The van der Waals surface area contributed by atoms with Crippen LogP contribution < -0.4 is 5.32 Å². The summed E-state index contributed by atoms with van der Waals surface area (Å²) < 4.78 is 0. The van der Waals surface area contributed by atoms with Gasteiger partial charge in [-0.3, -0.25) is 0 Å². The Labute approximate surface area is 125 Å².